The van der Waals surface area contributed by atoms with E-state index in [2.05, 4.69) is 5.48 Å². The second kappa shape index (κ2) is 5.72. The fourth-order valence-electron chi connectivity index (χ4n) is 2.97. The Bertz CT molecular complexity index is 434. The molecule has 102 valence electrons. The van der Waals surface area contributed by atoms with E-state index in [-0.39, 0.29) is 24.0 Å². The van der Waals surface area contributed by atoms with Gasteiger partial charge in [-0.1, -0.05) is 36.8 Å². The van der Waals surface area contributed by atoms with Crippen LogP contribution in [0.25, 0.3) is 0 Å². The van der Waals surface area contributed by atoms with Gasteiger partial charge in [-0.2, -0.15) is 5.48 Å². The van der Waals surface area contributed by atoms with Crippen LogP contribution < -0.4 is 5.48 Å². The van der Waals surface area contributed by atoms with E-state index in [1.807, 2.05) is 30.3 Å². The molecule has 1 heterocycles. The van der Waals surface area contributed by atoms with Crippen molar-refractivity contribution < 1.29 is 14.4 Å². The van der Waals surface area contributed by atoms with E-state index in [9.17, 15) is 4.79 Å². The summed E-state index contributed by atoms with van der Waals surface area (Å²) in [6.07, 6.45) is 4.47. The molecule has 0 spiro atoms. The molecular weight excluding hydrogens is 242 g/mol. The first-order valence-electron chi connectivity index (χ1n) is 6.96. The molecule has 1 N–H and O–H groups in total. The molecule has 1 aromatic carbocycles. The summed E-state index contributed by atoms with van der Waals surface area (Å²) in [7, 11) is 0. The van der Waals surface area contributed by atoms with Gasteiger partial charge in [0.1, 0.15) is 12.1 Å². The highest BCUT2D eigenvalue weighted by molar-refractivity contribution is 5.78. The molecule has 0 aromatic heterocycles. The zero-order valence-electron chi connectivity index (χ0n) is 10.9. The number of hydroxylamine groups is 1. The molecule has 1 aliphatic carbocycles. The first-order chi connectivity index (χ1) is 9.34. The van der Waals surface area contributed by atoms with Crippen molar-refractivity contribution in [3.63, 3.8) is 0 Å². The van der Waals surface area contributed by atoms with Crippen molar-refractivity contribution in [3.8, 4) is 0 Å². The lowest BCUT2D eigenvalue weighted by Gasteiger charge is -2.25. The number of ether oxygens (including phenoxy) is 1. The van der Waals surface area contributed by atoms with Gasteiger partial charge in [0.25, 0.3) is 0 Å². The highest BCUT2D eigenvalue weighted by atomic mass is 16.7. The Morgan fingerprint density at radius 3 is 2.84 bits per heavy atom. The second-order valence-corrected chi connectivity index (χ2v) is 5.29. The molecule has 1 saturated heterocycles. The van der Waals surface area contributed by atoms with Crippen LogP contribution in [-0.4, -0.2) is 18.1 Å². The summed E-state index contributed by atoms with van der Waals surface area (Å²) in [5, 5.41) is 0. The molecule has 1 saturated carbocycles. The maximum absolute atomic E-state index is 11.8. The minimum Gasteiger partial charge on any atom is -0.461 e. The highest BCUT2D eigenvalue weighted by Gasteiger charge is 2.45. The van der Waals surface area contributed by atoms with Gasteiger partial charge in [-0.05, 0) is 24.8 Å². The zero-order chi connectivity index (χ0) is 13.1. The SMILES string of the molecule is O=C1O[C@H]2CCCC[C@H]2[C@@H]1NOCc1ccccc1. The maximum Gasteiger partial charge on any atom is 0.326 e. The fourth-order valence-corrected chi connectivity index (χ4v) is 2.97. The summed E-state index contributed by atoms with van der Waals surface area (Å²) in [5.41, 5.74) is 3.99. The van der Waals surface area contributed by atoms with Gasteiger partial charge < -0.3 is 4.74 Å². The van der Waals surface area contributed by atoms with Crippen LogP contribution in [0.4, 0.5) is 0 Å². The van der Waals surface area contributed by atoms with E-state index in [4.69, 9.17) is 9.57 Å². The predicted octanol–water partition coefficient (Wildman–Crippen LogP) is 2.19. The van der Waals surface area contributed by atoms with E-state index >= 15 is 0 Å². The van der Waals surface area contributed by atoms with Gasteiger partial charge in [0, 0.05) is 5.92 Å². The molecule has 0 radical (unpaired) electrons. The van der Waals surface area contributed by atoms with E-state index in [0.717, 1.165) is 24.8 Å². The first-order valence-corrected chi connectivity index (χ1v) is 6.96. The van der Waals surface area contributed by atoms with Gasteiger partial charge in [0.15, 0.2) is 0 Å². The molecule has 4 heteroatoms. The first kappa shape index (κ1) is 12.6. The van der Waals surface area contributed by atoms with E-state index in [1.54, 1.807) is 0 Å². The van der Waals surface area contributed by atoms with Crippen molar-refractivity contribution >= 4 is 5.97 Å². The van der Waals surface area contributed by atoms with Crippen LogP contribution in [-0.2, 0) is 21.0 Å². The summed E-state index contributed by atoms with van der Waals surface area (Å²) in [4.78, 5) is 17.3. The third-order valence-corrected chi connectivity index (χ3v) is 4.00. The number of esters is 1. The number of fused-ring (bicyclic) bond motifs is 1. The van der Waals surface area contributed by atoms with E-state index in [1.165, 1.54) is 6.42 Å². The Kier molecular flexibility index (Phi) is 3.80. The van der Waals surface area contributed by atoms with E-state index in [0.29, 0.717) is 6.61 Å². The summed E-state index contributed by atoms with van der Waals surface area (Å²) in [5.74, 6) is 0.113. The number of carbonyl (C=O) groups excluding carboxylic acids is 1. The van der Waals surface area contributed by atoms with Crippen molar-refractivity contribution in [2.75, 3.05) is 0 Å². The van der Waals surface area contributed by atoms with Crippen LogP contribution in [0.1, 0.15) is 31.2 Å². The van der Waals surface area contributed by atoms with Gasteiger partial charge in [-0.3, -0.25) is 9.63 Å². The molecule has 3 rings (SSSR count). The summed E-state index contributed by atoms with van der Waals surface area (Å²) in [6, 6.07) is 9.61. The Labute approximate surface area is 113 Å². The molecule has 0 unspecified atom stereocenters. The smallest absolute Gasteiger partial charge is 0.326 e. The highest BCUT2D eigenvalue weighted by Crippen LogP contribution is 2.35. The van der Waals surface area contributed by atoms with Crippen molar-refractivity contribution in [2.45, 2.75) is 44.4 Å². The van der Waals surface area contributed by atoms with Gasteiger partial charge in [0.2, 0.25) is 0 Å². The van der Waals surface area contributed by atoms with Gasteiger partial charge in [-0.25, -0.2) is 0 Å². The Morgan fingerprint density at radius 1 is 1.21 bits per heavy atom. The lowest BCUT2D eigenvalue weighted by atomic mass is 9.84. The second-order valence-electron chi connectivity index (χ2n) is 5.29. The Morgan fingerprint density at radius 2 is 2.00 bits per heavy atom. The number of rotatable bonds is 4. The Hall–Kier alpha value is -1.39. The standard InChI is InChI=1S/C15H19NO3/c17-15-14(12-8-4-5-9-13(12)19-15)16-18-10-11-6-2-1-3-7-11/h1-3,6-7,12-14,16H,4-5,8-10H2/t12-,13+,14+/m1/s1. The van der Waals surface area contributed by atoms with Crippen LogP contribution in [0.2, 0.25) is 0 Å². The minimum atomic E-state index is -0.297. The fraction of sp³-hybridized carbons (Fsp3) is 0.533. The van der Waals surface area contributed by atoms with Crippen molar-refractivity contribution in [1.82, 2.24) is 5.48 Å². The molecule has 0 amide bonds. The molecule has 2 aliphatic rings. The summed E-state index contributed by atoms with van der Waals surface area (Å²) >= 11 is 0. The normalized spacial score (nSPS) is 29.9. The van der Waals surface area contributed by atoms with Crippen molar-refractivity contribution in [3.05, 3.63) is 35.9 Å². The number of benzene rings is 1. The summed E-state index contributed by atoms with van der Waals surface area (Å²) in [6.45, 7) is 0.460. The lowest BCUT2D eigenvalue weighted by molar-refractivity contribution is -0.146. The number of nitrogens with one attached hydrogen (secondary N) is 1. The zero-order valence-corrected chi connectivity index (χ0v) is 10.9. The van der Waals surface area contributed by atoms with Crippen LogP contribution >= 0.6 is 0 Å². The van der Waals surface area contributed by atoms with Crippen molar-refractivity contribution in [2.24, 2.45) is 5.92 Å². The summed E-state index contributed by atoms with van der Waals surface area (Å²) < 4.78 is 5.40. The third-order valence-electron chi connectivity index (χ3n) is 4.00. The number of hydrogen-bond acceptors (Lipinski definition) is 4. The van der Waals surface area contributed by atoms with Gasteiger partial charge >= 0.3 is 5.97 Å². The molecule has 2 fully saturated rings. The lowest BCUT2D eigenvalue weighted by Crippen LogP contribution is -2.40. The molecule has 1 aliphatic heterocycles. The molecule has 1 aromatic rings. The Balaban J connectivity index is 1.53. The number of hydrogen-bond donors (Lipinski definition) is 1. The minimum absolute atomic E-state index is 0.0964. The van der Waals surface area contributed by atoms with E-state index < -0.39 is 0 Å². The molecular formula is C15H19NO3. The van der Waals surface area contributed by atoms with Crippen LogP contribution in [0.5, 0.6) is 0 Å². The molecule has 0 bridgehead atoms. The molecule has 4 nitrogen and oxygen atoms in total. The van der Waals surface area contributed by atoms with Crippen molar-refractivity contribution in [1.29, 1.82) is 0 Å². The monoisotopic (exact) mass is 261 g/mol. The molecule has 3 atom stereocenters. The average Bonchev–Trinajstić information content (AvgIpc) is 2.76. The van der Waals surface area contributed by atoms with Gasteiger partial charge in [0.05, 0.1) is 6.61 Å². The quantitative estimate of drug-likeness (QED) is 0.666. The van der Waals surface area contributed by atoms with Gasteiger partial charge in [-0.15, -0.1) is 0 Å². The maximum atomic E-state index is 11.8. The molecule has 19 heavy (non-hydrogen) atoms. The van der Waals surface area contributed by atoms with Crippen LogP contribution in [0.15, 0.2) is 30.3 Å². The predicted molar refractivity (Wildman–Crippen MR) is 70.0 cm³/mol. The largest absolute Gasteiger partial charge is 0.461 e. The third kappa shape index (κ3) is 2.80. The van der Waals surface area contributed by atoms with Crippen LogP contribution in [0.3, 0.4) is 0 Å². The number of carbonyl (C=O) groups is 1. The topological polar surface area (TPSA) is 47.6 Å². The van der Waals surface area contributed by atoms with Crippen LogP contribution in [0, 0.1) is 5.92 Å². The average molecular weight is 261 g/mol.